The first-order chi connectivity index (χ1) is 16.6. The maximum atomic E-state index is 12.6. The van der Waals surface area contributed by atoms with Crippen molar-refractivity contribution in [1.82, 2.24) is 19.8 Å². The second-order valence-corrected chi connectivity index (χ2v) is 8.95. The van der Waals surface area contributed by atoms with Gasteiger partial charge in [0.15, 0.2) is 5.82 Å². The molecule has 0 unspecified atom stereocenters. The number of rotatable bonds is 8. The molecule has 0 aliphatic carbocycles. The number of ether oxygens (including phenoxy) is 1. The number of hydrogen-bond donors (Lipinski definition) is 1. The Kier molecular flexibility index (Phi) is 8.43. The number of morpholine rings is 1. The van der Waals surface area contributed by atoms with Crippen molar-refractivity contribution in [3.63, 3.8) is 0 Å². The Bertz CT molecular complexity index is 983. The van der Waals surface area contributed by atoms with E-state index in [2.05, 4.69) is 51.4 Å². The second kappa shape index (κ2) is 11.9. The molecule has 9 heteroatoms. The molecule has 0 saturated carbocycles. The molecule has 0 radical (unpaired) electrons. The van der Waals surface area contributed by atoms with Gasteiger partial charge < -0.3 is 19.4 Å². The fourth-order valence-electron chi connectivity index (χ4n) is 4.14. The number of carbonyl (C=O) groups excluding carboxylic acids is 1. The summed E-state index contributed by atoms with van der Waals surface area (Å²) in [5, 5.41) is 4.38. The van der Waals surface area contributed by atoms with Gasteiger partial charge in [-0.3, -0.25) is 10.2 Å². The summed E-state index contributed by atoms with van der Waals surface area (Å²) in [6, 6.07) is 10.1. The highest BCUT2D eigenvalue weighted by Crippen LogP contribution is 2.19. The molecule has 1 aromatic carbocycles. The molecule has 2 aliphatic rings. The Morgan fingerprint density at radius 3 is 2.68 bits per heavy atom. The van der Waals surface area contributed by atoms with Gasteiger partial charge in [0.25, 0.3) is 0 Å². The summed E-state index contributed by atoms with van der Waals surface area (Å²) < 4.78 is 5.49. The number of hydrazone groups is 1. The Labute approximate surface area is 201 Å². The van der Waals surface area contributed by atoms with Crippen molar-refractivity contribution < 1.29 is 9.53 Å². The van der Waals surface area contributed by atoms with Crippen molar-refractivity contribution in [2.75, 3.05) is 69.9 Å². The average Bonchev–Trinajstić information content (AvgIpc) is 2.85. The Morgan fingerprint density at radius 2 is 1.91 bits per heavy atom. The summed E-state index contributed by atoms with van der Waals surface area (Å²) in [6.45, 7) is 8.53. The third-order valence-corrected chi connectivity index (χ3v) is 6.18. The third kappa shape index (κ3) is 6.98. The van der Waals surface area contributed by atoms with Crippen LogP contribution in [0, 0.1) is 6.92 Å². The standard InChI is InChI=1S/C25H35N7O2/c1-20-5-3-6-21(17-20)19-26-29-23-18-24(31-13-15-34-16-14-31)28-22(27-23)7-4-8-25(33)32-11-9-30(2)10-12-32/h3,5-6,17-19H,4,7-16H2,1-2H3,(H,27,28,29)/b26-19+. The lowest BCUT2D eigenvalue weighted by Crippen LogP contribution is -2.47. The Hall–Kier alpha value is -3.04. The minimum atomic E-state index is 0.221. The van der Waals surface area contributed by atoms with Crippen LogP contribution in [0.5, 0.6) is 0 Å². The second-order valence-electron chi connectivity index (χ2n) is 8.95. The Balaban J connectivity index is 1.40. The Morgan fingerprint density at radius 1 is 1.12 bits per heavy atom. The molecule has 2 aliphatic heterocycles. The lowest BCUT2D eigenvalue weighted by atomic mass is 10.2. The zero-order valence-electron chi connectivity index (χ0n) is 20.2. The molecule has 2 fully saturated rings. The van der Waals surface area contributed by atoms with E-state index >= 15 is 0 Å². The highest BCUT2D eigenvalue weighted by molar-refractivity contribution is 5.80. The summed E-state index contributed by atoms with van der Waals surface area (Å²) >= 11 is 0. The van der Waals surface area contributed by atoms with Gasteiger partial charge in [0.05, 0.1) is 19.4 Å². The van der Waals surface area contributed by atoms with Crippen LogP contribution in [0.25, 0.3) is 0 Å². The van der Waals surface area contributed by atoms with Gasteiger partial charge in [0.2, 0.25) is 5.91 Å². The lowest BCUT2D eigenvalue weighted by molar-refractivity contribution is -0.132. The van der Waals surface area contributed by atoms with Crippen LogP contribution in [0.3, 0.4) is 0 Å². The lowest BCUT2D eigenvalue weighted by Gasteiger charge is -2.32. The minimum absolute atomic E-state index is 0.221. The molecule has 1 N–H and O–H groups in total. The van der Waals surface area contributed by atoms with Crippen molar-refractivity contribution >= 4 is 23.8 Å². The molecule has 0 atom stereocenters. The first-order valence-electron chi connectivity index (χ1n) is 12.1. The molecule has 1 amide bonds. The molecule has 9 nitrogen and oxygen atoms in total. The van der Waals surface area contributed by atoms with E-state index in [1.807, 2.05) is 23.1 Å². The van der Waals surface area contributed by atoms with E-state index in [9.17, 15) is 4.79 Å². The summed E-state index contributed by atoms with van der Waals surface area (Å²) in [6.07, 6.45) is 3.68. The third-order valence-electron chi connectivity index (χ3n) is 6.18. The van der Waals surface area contributed by atoms with Crippen LogP contribution < -0.4 is 10.3 Å². The van der Waals surface area contributed by atoms with Gasteiger partial charge in [-0.1, -0.05) is 29.8 Å². The van der Waals surface area contributed by atoms with E-state index in [4.69, 9.17) is 9.72 Å². The molecule has 182 valence electrons. The topological polar surface area (TPSA) is 86.2 Å². The fourth-order valence-corrected chi connectivity index (χ4v) is 4.14. The summed E-state index contributed by atoms with van der Waals surface area (Å²) in [7, 11) is 2.09. The van der Waals surface area contributed by atoms with Crippen LogP contribution in [-0.2, 0) is 16.0 Å². The molecular weight excluding hydrogens is 430 g/mol. The molecular formula is C25H35N7O2. The fraction of sp³-hybridized carbons (Fsp3) is 0.520. The number of piperazine rings is 1. The monoisotopic (exact) mass is 465 g/mol. The minimum Gasteiger partial charge on any atom is -0.378 e. The van der Waals surface area contributed by atoms with E-state index in [-0.39, 0.29) is 5.91 Å². The average molecular weight is 466 g/mol. The number of carbonyl (C=O) groups is 1. The van der Waals surface area contributed by atoms with E-state index in [1.165, 1.54) is 5.56 Å². The van der Waals surface area contributed by atoms with Crippen molar-refractivity contribution in [3.05, 3.63) is 47.3 Å². The van der Waals surface area contributed by atoms with Crippen molar-refractivity contribution in [1.29, 1.82) is 0 Å². The molecule has 2 saturated heterocycles. The number of nitrogens with zero attached hydrogens (tertiary/aromatic N) is 6. The number of anilines is 2. The number of amides is 1. The largest absolute Gasteiger partial charge is 0.378 e. The van der Waals surface area contributed by atoms with Crippen molar-refractivity contribution in [2.24, 2.45) is 5.10 Å². The highest BCUT2D eigenvalue weighted by Gasteiger charge is 2.19. The van der Waals surface area contributed by atoms with Crippen molar-refractivity contribution in [2.45, 2.75) is 26.2 Å². The predicted molar refractivity (Wildman–Crippen MR) is 134 cm³/mol. The number of likely N-dealkylation sites (N-methyl/N-ethyl adjacent to an activating group) is 1. The number of hydrogen-bond acceptors (Lipinski definition) is 8. The first-order valence-corrected chi connectivity index (χ1v) is 12.1. The number of aryl methyl sites for hydroxylation is 2. The molecule has 34 heavy (non-hydrogen) atoms. The van der Waals surface area contributed by atoms with Gasteiger partial charge in [-0.25, -0.2) is 9.97 Å². The van der Waals surface area contributed by atoms with Crippen LogP contribution in [-0.4, -0.2) is 91.4 Å². The first kappa shape index (κ1) is 24.1. The smallest absolute Gasteiger partial charge is 0.222 e. The van der Waals surface area contributed by atoms with E-state index < -0.39 is 0 Å². The number of benzene rings is 1. The van der Waals surface area contributed by atoms with Gasteiger partial charge in [0.1, 0.15) is 11.6 Å². The van der Waals surface area contributed by atoms with Crippen LogP contribution in [0.4, 0.5) is 11.6 Å². The molecule has 0 bridgehead atoms. The van der Waals surface area contributed by atoms with Crippen LogP contribution >= 0.6 is 0 Å². The maximum absolute atomic E-state index is 12.6. The summed E-state index contributed by atoms with van der Waals surface area (Å²) in [5.41, 5.74) is 5.28. The van der Waals surface area contributed by atoms with Gasteiger partial charge in [-0.05, 0) is 26.0 Å². The quantitative estimate of drug-likeness (QED) is 0.472. The van der Waals surface area contributed by atoms with Gasteiger partial charge in [0, 0.05) is 58.2 Å². The highest BCUT2D eigenvalue weighted by atomic mass is 16.5. The normalized spacial score (nSPS) is 17.4. The van der Waals surface area contributed by atoms with Crippen LogP contribution in [0.2, 0.25) is 0 Å². The van der Waals surface area contributed by atoms with E-state index in [1.54, 1.807) is 6.21 Å². The van der Waals surface area contributed by atoms with Crippen LogP contribution in [0.1, 0.15) is 29.8 Å². The van der Waals surface area contributed by atoms with Crippen LogP contribution in [0.15, 0.2) is 35.4 Å². The van der Waals surface area contributed by atoms with Gasteiger partial charge >= 0.3 is 0 Å². The SMILES string of the molecule is Cc1cccc(/C=N/Nc2cc(N3CCOCC3)nc(CCCC(=O)N3CCN(C)CC3)n2)c1. The zero-order chi connectivity index (χ0) is 23.8. The van der Waals surface area contributed by atoms with Gasteiger partial charge in [-0.15, -0.1) is 0 Å². The number of aromatic nitrogens is 2. The molecule has 1 aromatic heterocycles. The zero-order valence-corrected chi connectivity index (χ0v) is 20.2. The maximum Gasteiger partial charge on any atom is 0.222 e. The van der Waals surface area contributed by atoms with Gasteiger partial charge in [-0.2, -0.15) is 5.10 Å². The number of nitrogens with one attached hydrogen (secondary N) is 1. The molecule has 3 heterocycles. The summed E-state index contributed by atoms with van der Waals surface area (Å²) in [4.78, 5) is 28.5. The molecule has 2 aromatic rings. The molecule has 0 spiro atoms. The van der Waals surface area contributed by atoms with E-state index in [0.717, 1.165) is 62.9 Å². The predicted octanol–water partition coefficient (Wildman–Crippen LogP) is 2.16. The van der Waals surface area contributed by atoms with E-state index in [0.29, 0.717) is 31.9 Å². The van der Waals surface area contributed by atoms with Crippen molar-refractivity contribution in [3.8, 4) is 0 Å². The summed E-state index contributed by atoms with van der Waals surface area (Å²) in [5.74, 6) is 2.47. The molecule has 4 rings (SSSR count).